The minimum atomic E-state index is -1.39. The van der Waals surface area contributed by atoms with E-state index in [-0.39, 0.29) is 36.1 Å². The van der Waals surface area contributed by atoms with Crippen molar-refractivity contribution in [3.8, 4) is 22.6 Å². The zero-order chi connectivity index (χ0) is 47.2. The second-order valence-electron chi connectivity index (χ2n) is 22.0. The van der Waals surface area contributed by atoms with Gasteiger partial charge < -0.3 is 32.5 Å². The quantitative estimate of drug-likeness (QED) is 0.0790. The van der Waals surface area contributed by atoms with Crippen molar-refractivity contribution < 1.29 is 41.7 Å². The molecule has 7 rings (SSSR count). The molecule has 3 aromatic heterocycles. The van der Waals surface area contributed by atoms with Crippen LogP contribution in [0.25, 0.3) is 44.7 Å². The Bertz CT molecular complexity index is 2360. The molecule has 2 aliphatic heterocycles. The van der Waals surface area contributed by atoms with E-state index in [0.717, 1.165) is 24.9 Å². The molecule has 2 fully saturated rings. The van der Waals surface area contributed by atoms with Crippen LogP contribution < -0.4 is 0 Å². The van der Waals surface area contributed by atoms with Gasteiger partial charge in [-0.25, -0.2) is 28.3 Å². The second-order valence-corrected chi connectivity index (χ2v) is 33.2. The highest BCUT2D eigenvalue weighted by Gasteiger charge is 2.38. The first-order valence-electron chi connectivity index (χ1n) is 23.0. The number of likely N-dealkylation sites (tertiary alicyclic amines) is 2. The standard InChI is InChI=1S/C48H68F2N6O7Si2/c1-47(2,3)62-45(57)53-19-13-15-37(53)43-51-35-25-31(33(49)27-39(35)55(43)29-59-21-23-64(7,8)9)41-17-18-42(61-41)32-26-36-40(28-34(32)50)56(30-60-22-24-65(10,11)12)44(52-36)38-16-14-20-54(38)46(58)63-48(4,5)6/h17-18,25-28,37-38H,13-16,19-24,29-30H2,1-12H3/t37-,38-/m0/s1. The molecule has 0 radical (unpaired) electrons. The van der Waals surface area contributed by atoms with E-state index in [1.807, 2.05) is 50.7 Å². The fourth-order valence-electron chi connectivity index (χ4n) is 8.33. The third kappa shape index (κ3) is 11.5. The highest BCUT2D eigenvalue weighted by Crippen LogP contribution is 2.40. The Morgan fingerprint density at radius 2 is 1.05 bits per heavy atom. The van der Waals surface area contributed by atoms with Crippen LogP contribution in [0.2, 0.25) is 51.4 Å². The van der Waals surface area contributed by atoms with Gasteiger partial charge in [0, 0.05) is 54.6 Å². The number of nitrogens with zero attached hydrogens (tertiary/aromatic N) is 6. The molecule has 2 atom stereocenters. The van der Waals surface area contributed by atoms with Crippen LogP contribution in [0.1, 0.15) is 91.0 Å². The van der Waals surface area contributed by atoms with Crippen LogP contribution in [0, 0.1) is 11.6 Å². The van der Waals surface area contributed by atoms with Crippen molar-refractivity contribution in [1.29, 1.82) is 0 Å². The highest BCUT2D eigenvalue weighted by atomic mass is 28.3. The lowest BCUT2D eigenvalue weighted by molar-refractivity contribution is 0.0196. The molecule has 0 aliphatic carbocycles. The fourth-order valence-corrected chi connectivity index (χ4v) is 9.84. The summed E-state index contributed by atoms with van der Waals surface area (Å²) in [6.45, 7) is 27.1. The molecule has 0 unspecified atom stereocenters. The topological polar surface area (TPSA) is 126 Å². The van der Waals surface area contributed by atoms with Crippen LogP contribution in [0.4, 0.5) is 18.4 Å². The van der Waals surface area contributed by atoms with Gasteiger partial charge in [0.05, 0.1) is 45.3 Å². The van der Waals surface area contributed by atoms with Crippen molar-refractivity contribution in [3.63, 3.8) is 0 Å². The second kappa shape index (κ2) is 18.6. The SMILES string of the molecule is CC(C)(C)OC(=O)N1CCC[C@H]1c1nc2cc(-c3ccc(-c4cc5nc([C@@H]6CCCN6C(=O)OC(C)(C)C)n(COCC[Si](C)(C)C)c5cc4F)o3)c(F)cc2n1COCC[Si](C)(C)C. The number of furan rings is 1. The number of hydrogen-bond acceptors (Lipinski definition) is 9. The smallest absolute Gasteiger partial charge is 0.410 e. The van der Waals surface area contributed by atoms with E-state index in [4.69, 9.17) is 33.3 Å². The summed E-state index contributed by atoms with van der Waals surface area (Å²) in [5.74, 6) is 0.467. The maximum atomic E-state index is 16.4. The molecular weight excluding hydrogens is 867 g/mol. The van der Waals surface area contributed by atoms with Crippen LogP contribution in [-0.2, 0) is 32.4 Å². The molecule has 5 aromatic rings. The van der Waals surface area contributed by atoms with E-state index in [1.165, 1.54) is 12.1 Å². The molecule has 354 valence electrons. The van der Waals surface area contributed by atoms with E-state index in [0.29, 0.717) is 72.9 Å². The number of ether oxygens (including phenoxy) is 4. The van der Waals surface area contributed by atoms with E-state index in [9.17, 15) is 9.59 Å². The molecule has 2 saturated heterocycles. The van der Waals surface area contributed by atoms with Crippen LogP contribution in [0.15, 0.2) is 40.8 Å². The third-order valence-electron chi connectivity index (χ3n) is 11.7. The summed E-state index contributed by atoms with van der Waals surface area (Å²) < 4.78 is 66.8. The monoisotopic (exact) mass is 934 g/mol. The summed E-state index contributed by atoms with van der Waals surface area (Å²) in [5, 5.41) is 0. The van der Waals surface area contributed by atoms with Crippen molar-refractivity contribution in [2.24, 2.45) is 0 Å². The molecule has 5 heterocycles. The Balaban J connectivity index is 1.23. The lowest BCUT2D eigenvalue weighted by atomic mass is 10.1. The van der Waals surface area contributed by atoms with Gasteiger partial charge in [-0.05, 0) is 104 Å². The molecule has 0 saturated carbocycles. The fraction of sp³-hybridized carbons (Fsp3) is 0.583. The Hall–Kier alpha value is -4.59. The van der Waals surface area contributed by atoms with Crippen LogP contribution >= 0.6 is 0 Å². The van der Waals surface area contributed by atoms with Gasteiger partial charge in [-0.2, -0.15) is 0 Å². The predicted molar refractivity (Wildman–Crippen MR) is 254 cm³/mol. The lowest BCUT2D eigenvalue weighted by Gasteiger charge is -2.28. The number of carbonyl (C=O) groups excluding carboxylic acids is 2. The molecular formula is C48H68F2N6O7Si2. The number of carbonyl (C=O) groups is 2. The van der Waals surface area contributed by atoms with E-state index >= 15 is 8.78 Å². The zero-order valence-corrected chi connectivity index (χ0v) is 42.4. The largest absolute Gasteiger partial charge is 0.456 e. The van der Waals surface area contributed by atoms with Gasteiger partial charge in [0.1, 0.15) is 59.5 Å². The molecule has 0 spiro atoms. The van der Waals surface area contributed by atoms with Crippen molar-refractivity contribution >= 4 is 50.4 Å². The molecule has 2 amide bonds. The highest BCUT2D eigenvalue weighted by molar-refractivity contribution is 6.76. The van der Waals surface area contributed by atoms with Gasteiger partial charge >= 0.3 is 12.2 Å². The number of fused-ring (bicyclic) bond motifs is 2. The van der Waals surface area contributed by atoms with Gasteiger partial charge in [-0.3, -0.25) is 9.80 Å². The van der Waals surface area contributed by atoms with Gasteiger partial charge in [0.2, 0.25) is 0 Å². The van der Waals surface area contributed by atoms with Crippen LogP contribution in [0.5, 0.6) is 0 Å². The number of imidazole rings is 2. The molecule has 65 heavy (non-hydrogen) atoms. The molecule has 0 N–H and O–H groups in total. The molecule has 13 nitrogen and oxygen atoms in total. The summed E-state index contributed by atoms with van der Waals surface area (Å²) in [4.78, 5) is 40.3. The van der Waals surface area contributed by atoms with E-state index < -0.39 is 63.3 Å². The number of halogens is 2. The minimum absolute atomic E-state index is 0.141. The summed E-state index contributed by atoms with van der Waals surface area (Å²) >= 11 is 0. The minimum Gasteiger partial charge on any atom is -0.456 e. The van der Waals surface area contributed by atoms with Gasteiger partial charge in [-0.1, -0.05) is 39.3 Å². The van der Waals surface area contributed by atoms with Crippen molar-refractivity contribution in [3.05, 3.63) is 59.7 Å². The van der Waals surface area contributed by atoms with E-state index in [2.05, 4.69) is 39.3 Å². The van der Waals surface area contributed by atoms with Crippen LogP contribution in [0.3, 0.4) is 0 Å². The van der Waals surface area contributed by atoms with Gasteiger partial charge in [-0.15, -0.1) is 0 Å². The Labute approximate surface area is 383 Å². The Morgan fingerprint density at radius 3 is 1.40 bits per heavy atom. The van der Waals surface area contributed by atoms with Crippen molar-refractivity contribution in [1.82, 2.24) is 28.9 Å². The molecule has 2 aromatic carbocycles. The molecule has 17 heteroatoms. The number of aromatic nitrogens is 4. The number of hydrogen-bond donors (Lipinski definition) is 0. The van der Waals surface area contributed by atoms with E-state index in [1.54, 1.807) is 34.1 Å². The zero-order valence-electron chi connectivity index (χ0n) is 40.4. The summed E-state index contributed by atoms with van der Waals surface area (Å²) in [6.07, 6.45) is 2.01. The first-order chi connectivity index (χ1) is 30.4. The van der Waals surface area contributed by atoms with Crippen molar-refractivity contribution in [2.75, 3.05) is 26.3 Å². The number of benzene rings is 2. The summed E-state index contributed by atoms with van der Waals surface area (Å²) in [7, 11) is -2.77. The maximum absolute atomic E-state index is 16.4. The third-order valence-corrected chi connectivity index (χ3v) is 15.1. The number of rotatable bonds is 14. The average Bonchev–Trinajstić information content (AvgIpc) is 4.02. The normalized spacial score (nSPS) is 17.6. The Morgan fingerprint density at radius 1 is 0.662 bits per heavy atom. The maximum Gasteiger partial charge on any atom is 0.410 e. The van der Waals surface area contributed by atoms with Crippen molar-refractivity contribution in [2.45, 2.75) is 155 Å². The lowest BCUT2D eigenvalue weighted by Crippen LogP contribution is -2.37. The first-order valence-corrected chi connectivity index (χ1v) is 30.4. The van der Waals surface area contributed by atoms with Crippen LogP contribution in [-0.4, -0.2) is 94.7 Å². The molecule has 2 aliphatic rings. The summed E-state index contributed by atoms with van der Waals surface area (Å²) in [5.41, 5.74) is 1.02. The predicted octanol–water partition coefficient (Wildman–Crippen LogP) is 12.4. The molecule has 0 bridgehead atoms. The Kier molecular flexibility index (Phi) is 13.8. The van der Waals surface area contributed by atoms with Gasteiger partial charge in [0.15, 0.2) is 0 Å². The first kappa shape index (κ1) is 48.3. The number of amides is 2. The average molecular weight is 935 g/mol. The summed E-state index contributed by atoms with van der Waals surface area (Å²) in [6, 6.07) is 10.5. The van der Waals surface area contributed by atoms with Gasteiger partial charge in [0.25, 0.3) is 0 Å².